The van der Waals surface area contributed by atoms with Crippen molar-refractivity contribution in [3.63, 3.8) is 0 Å². The zero-order valence-electron chi connectivity index (χ0n) is 16.5. The molecule has 28 heavy (non-hydrogen) atoms. The van der Waals surface area contributed by atoms with Gasteiger partial charge in [-0.1, -0.05) is 43.2 Å². The van der Waals surface area contributed by atoms with Gasteiger partial charge < -0.3 is 9.72 Å². The predicted molar refractivity (Wildman–Crippen MR) is 111 cm³/mol. The Morgan fingerprint density at radius 3 is 2.54 bits per heavy atom. The number of aromatic nitrogens is 2. The number of aryl methyl sites for hydroxylation is 1. The van der Waals surface area contributed by atoms with E-state index in [2.05, 4.69) is 39.5 Å². The highest BCUT2D eigenvalue weighted by Crippen LogP contribution is 2.24. The van der Waals surface area contributed by atoms with E-state index in [4.69, 9.17) is 0 Å². The molecule has 0 bridgehead atoms. The van der Waals surface area contributed by atoms with Gasteiger partial charge in [-0.2, -0.15) is 0 Å². The van der Waals surface area contributed by atoms with Crippen LogP contribution in [0.25, 0.3) is 5.65 Å². The van der Waals surface area contributed by atoms with E-state index in [9.17, 15) is 4.79 Å². The van der Waals surface area contributed by atoms with Gasteiger partial charge in [-0.25, -0.2) is 4.98 Å². The summed E-state index contributed by atoms with van der Waals surface area (Å²) in [5.74, 6) is -0.0380. The van der Waals surface area contributed by atoms with Gasteiger partial charge in [0.2, 0.25) is 0 Å². The smallest absolute Gasteiger partial charge is 0.252 e. The third-order valence-electron chi connectivity index (χ3n) is 5.56. The number of nitrogens with one attached hydrogen (secondary N) is 1. The van der Waals surface area contributed by atoms with Crippen molar-refractivity contribution < 1.29 is 4.79 Å². The molecule has 146 valence electrons. The molecule has 3 aromatic rings. The lowest BCUT2D eigenvalue weighted by Crippen LogP contribution is -2.38. The number of carbonyl (C=O) groups excluding carboxylic acids is 1. The van der Waals surface area contributed by atoms with Crippen LogP contribution in [0.15, 0.2) is 54.9 Å². The van der Waals surface area contributed by atoms with E-state index in [1.165, 1.54) is 31.2 Å². The summed E-state index contributed by atoms with van der Waals surface area (Å²) in [4.78, 5) is 19.8. The number of hydrogen-bond donors (Lipinski definition) is 1. The first-order chi connectivity index (χ1) is 13.7. The highest BCUT2D eigenvalue weighted by molar-refractivity contribution is 5.94. The van der Waals surface area contributed by atoms with Crippen molar-refractivity contribution in [1.29, 1.82) is 0 Å². The first kappa shape index (κ1) is 18.7. The van der Waals surface area contributed by atoms with Crippen LogP contribution in [0, 0.1) is 6.92 Å². The number of rotatable bonds is 5. The van der Waals surface area contributed by atoms with E-state index in [1.54, 1.807) is 0 Å². The Balaban J connectivity index is 1.50. The Bertz CT molecular complexity index is 926. The van der Waals surface area contributed by atoms with Gasteiger partial charge in [-0.05, 0) is 50.6 Å². The van der Waals surface area contributed by atoms with Gasteiger partial charge in [0.05, 0.1) is 17.3 Å². The Morgan fingerprint density at radius 1 is 1.04 bits per heavy atom. The number of likely N-dealkylation sites (tertiary alicyclic amines) is 1. The molecule has 1 aliphatic rings. The zero-order valence-corrected chi connectivity index (χ0v) is 16.5. The minimum absolute atomic E-state index is 0.0380. The minimum atomic E-state index is -0.0380. The largest absolute Gasteiger partial charge is 0.350 e. The Kier molecular flexibility index (Phi) is 5.72. The molecule has 0 radical (unpaired) electrons. The second kappa shape index (κ2) is 8.57. The highest BCUT2D eigenvalue weighted by Gasteiger charge is 2.22. The molecule has 1 aromatic carbocycles. The summed E-state index contributed by atoms with van der Waals surface area (Å²) < 4.78 is 1.91. The maximum Gasteiger partial charge on any atom is 0.252 e. The second-order valence-electron chi connectivity index (χ2n) is 7.65. The standard InChI is InChI=1S/C23H28N4O/c1-18-16-27-17-20(11-12-22(27)25-18)23(28)24-15-21(19-9-5-4-6-10-19)26-13-7-2-3-8-14-26/h4-6,9-12,16-17,21H,2-3,7-8,13-15H2,1H3,(H,24,28)/t21-/m1/s1. The number of nitrogens with zero attached hydrogens (tertiary/aromatic N) is 3. The van der Waals surface area contributed by atoms with Crippen LogP contribution >= 0.6 is 0 Å². The van der Waals surface area contributed by atoms with Gasteiger partial charge in [-0.3, -0.25) is 9.69 Å². The zero-order chi connectivity index (χ0) is 19.3. The van der Waals surface area contributed by atoms with Gasteiger partial charge in [0.25, 0.3) is 5.91 Å². The maximum atomic E-state index is 12.8. The molecule has 5 heteroatoms. The van der Waals surface area contributed by atoms with Crippen LogP contribution in [0.3, 0.4) is 0 Å². The molecular formula is C23H28N4O. The van der Waals surface area contributed by atoms with Crippen LogP contribution < -0.4 is 5.32 Å². The Hall–Kier alpha value is -2.66. The van der Waals surface area contributed by atoms with Crippen molar-refractivity contribution in [2.45, 2.75) is 38.6 Å². The van der Waals surface area contributed by atoms with E-state index in [-0.39, 0.29) is 11.9 Å². The first-order valence-electron chi connectivity index (χ1n) is 10.2. The summed E-state index contributed by atoms with van der Waals surface area (Å²) in [6.07, 6.45) is 8.86. The molecule has 0 unspecified atom stereocenters. The Labute approximate surface area is 166 Å². The van der Waals surface area contributed by atoms with E-state index < -0.39 is 0 Å². The molecule has 1 saturated heterocycles. The lowest BCUT2D eigenvalue weighted by molar-refractivity contribution is 0.0932. The van der Waals surface area contributed by atoms with Crippen molar-refractivity contribution in [3.8, 4) is 0 Å². The van der Waals surface area contributed by atoms with E-state index in [1.807, 2.05) is 41.9 Å². The maximum absolute atomic E-state index is 12.8. The summed E-state index contributed by atoms with van der Waals surface area (Å²) >= 11 is 0. The summed E-state index contributed by atoms with van der Waals surface area (Å²) in [6, 6.07) is 14.5. The molecule has 1 aliphatic heterocycles. The van der Waals surface area contributed by atoms with Crippen LogP contribution in [0.4, 0.5) is 0 Å². The quantitative estimate of drug-likeness (QED) is 0.732. The SMILES string of the molecule is Cc1cn2cc(C(=O)NC[C@H](c3ccccc3)N3CCCCCC3)ccc2n1. The number of imidazole rings is 1. The van der Waals surface area contributed by atoms with Crippen molar-refractivity contribution in [1.82, 2.24) is 19.6 Å². The predicted octanol–water partition coefficient (Wildman–Crippen LogP) is 3.99. The molecule has 4 rings (SSSR count). The first-order valence-corrected chi connectivity index (χ1v) is 10.2. The topological polar surface area (TPSA) is 49.6 Å². The average Bonchev–Trinajstić information content (AvgIpc) is 2.90. The summed E-state index contributed by atoms with van der Waals surface area (Å²) in [6.45, 7) is 4.76. The number of hydrogen-bond acceptors (Lipinski definition) is 3. The molecule has 3 heterocycles. The number of benzene rings is 1. The summed E-state index contributed by atoms with van der Waals surface area (Å²) in [5, 5.41) is 3.17. The van der Waals surface area contributed by atoms with Gasteiger partial charge >= 0.3 is 0 Å². The van der Waals surface area contributed by atoms with E-state index >= 15 is 0 Å². The van der Waals surface area contributed by atoms with Crippen LogP contribution in [0.5, 0.6) is 0 Å². The van der Waals surface area contributed by atoms with Gasteiger partial charge in [0.15, 0.2) is 0 Å². The monoisotopic (exact) mass is 376 g/mol. The third kappa shape index (κ3) is 4.25. The number of pyridine rings is 1. The van der Waals surface area contributed by atoms with Crippen LogP contribution in [-0.2, 0) is 0 Å². The summed E-state index contributed by atoms with van der Waals surface area (Å²) in [5.41, 5.74) is 3.74. The lowest BCUT2D eigenvalue weighted by atomic mass is 10.0. The molecular weight excluding hydrogens is 348 g/mol. The molecule has 1 atom stereocenters. The normalized spacial score (nSPS) is 16.6. The van der Waals surface area contributed by atoms with Crippen molar-refractivity contribution in [2.24, 2.45) is 0 Å². The fourth-order valence-corrected chi connectivity index (χ4v) is 4.08. The van der Waals surface area contributed by atoms with Crippen molar-refractivity contribution in [2.75, 3.05) is 19.6 Å². The number of fused-ring (bicyclic) bond motifs is 1. The van der Waals surface area contributed by atoms with Crippen LogP contribution in [0.2, 0.25) is 0 Å². The fraction of sp³-hybridized carbons (Fsp3) is 0.391. The molecule has 5 nitrogen and oxygen atoms in total. The fourth-order valence-electron chi connectivity index (χ4n) is 4.08. The minimum Gasteiger partial charge on any atom is -0.350 e. The van der Waals surface area contributed by atoms with E-state index in [0.29, 0.717) is 12.1 Å². The number of carbonyl (C=O) groups is 1. The second-order valence-corrected chi connectivity index (χ2v) is 7.65. The molecule has 1 N–H and O–H groups in total. The van der Waals surface area contributed by atoms with Gasteiger partial charge in [0, 0.05) is 18.9 Å². The molecule has 0 spiro atoms. The van der Waals surface area contributed by atoms with Crippen LogP contribution in [-0.4, -0.2) is 39.8 Å². The Morgan fingerprint density at radius 2 is 1.79 bits per heavy atom. The van der Waals surface area contributed by atoms with Crippen LogP contribution in [0.1, 0.15) is 53.3 Å². The molecule has 0 aliphatic carbocycles. The molecule has 1 amide bonds. The molecule has 1 fully saturated rings. The molecule has 0 saturated carbocycles. The lowest BCUT2D eigenvalue weighted by Gasteiger charge is -2.31. The summed E-state index contributed by atoms with van der Waals surface area (Å²) in [7, 11) is 0. The van der Waals surface area contributed by atoms with Gasteiger partial charge in [-0.15, -0.1) is 0 Å². The average molecular weight is 377 g/mol. The number of amides is 1. The third-order valence-corrected chi connectivity index (χ3v) is 5.56. The molecule has 2 aromatic heterocycles. The van der Waals surface area contributed by atoms with Gasteiger partial charge in [0.1, 0.15) is 5.65 Å². The van der Waals surface area contributed by atoms with Crippen molar-refractivity contribution >= 4 is 11.6 Å². The highest BCUT2D eigenvalue weighted by atomic mass is 16.1. The van der Waals surface area contributed by atoms with Crippen molar-refractivity contribution in [3.05, 3.63) is 71.7 Å². The van der Waals surface area contributed by atoms with E-state index in [0.717, 1.165) is 24.4 Å².